The molecule has 0 aromatic heterocycles. The van der Waals surface area contributed by atoms with Crippen LogP contribution in [0, 0.1) is 11.3 Å². The molecule has 0 saturated carbocycles. The van der Waals surface area contributed by atoms with Crippen LogP contribution in [-0.4, -0.2) is 40.4 Å². The Morgan fingerprint density at radius 3 is 2.23 bits per heavy atom. The number of carbonyl (C=O) groups is 1. The molecule has 2 atom stereocenters. The Balaban J connectivity index is 1.31. The number of benzene rings is 2. The molecule has 3 aliphatic rings. The van der Waals surface area contributed by atoms with Crippen molar-refractivity contribution >= 4 is 6.09 Å². The average molecular weight is 417 g/mol. The van der Waals surface area contributed by atoms with E-state index >= 15 is 0 Å². The maximum Gasteiger partial charge on any atom is 0.410 e. The minimum absolute atomic E-state index is 0.00755. The molecule has 2 bridgehead atoms. The molecule has 2 aromatic rings. The first-order valence-electron chi connectivity index (χ1n) is 11.3. The molecular weight excluding hydrogens is 388 g/mol. The smallest absolute Gasteiger partial charge is 0.410 e. The van der Waals surface area contributed by atoms with E-state index in [-0.39, 0.29) is 24.1 Å². The molecule has 1 aliphatic carbocycles. The summed E-state index contributed by atoms with van der Waals surface area (Å²) in [5, 5.41) is 19.9. The number of nitriles is 1. The molecule has 2 aliphatic heterocycles. The van der Waals surface area contributed by atoms with Crippen molar-refractivity contribution in [3.05, 3.63) is 59.7 Å². The molecule has 5 heteroatoms. The van der Waals surface area contributed by atoms with Crippen LogP contribution in [0.3, 0.4) is 0 Å². The van der Waals surface area contributed by atoms with Crippen molar-refractivity contribution in [1.82, 2.24) is 4.90 Å². The highest BCUT2D eigenvalue weighted by Crippen LogP contribution is 2.45. The Labute approximate surface area is 183 Å². The third-order valence-electron chi connectivity index (χ3n) is 7.34. The average Bonchev–Trinajstić information content (AvgIpc) is 3.09. The summed E-state index contributed by atoms with van der Waals surface area (Å²) in [5.41, 5.74) is 4.02. The van der Waals surface area contributed by atoms with Gasteiger partial charge in [0.2, 0.25) is 0 Å². The number of hydrogen-bond acceptors (Lipinski definition) is 4. The van der Waals surface area contributed by atoms with Crippen molar-refractivity contribution in [2.75, 3.05) is 6.61 Å². The van der Waals surface area contributed by atoms with E-state index in [2.05, 4.69) is 30.3 Å². The predicted molar refractivity (Wildman–Crippen MR) is 117 cm³/mol. The highest BCUT2D eigenvalue weighted by molar-refractivity contribution is 5.79. The fourth-order valence-corrected chi connectivity index (χ4v) is 5.99. The quantitative estimate of drug-likeness (QED) is 0.762. The van der Waals surface area contributed by atoms with Crippen LogP contribution in [0.1, 0.15) is 62.0 Å². The van der Waals surface area contributed by atoms with Gasteiger partial charge in [-0.25, -0.2) is 4.79 Å². The standard InChI is InChI=1S/C26H28N2O3/c27-14-6-13-26(30)15-18-7-5-8-19(16-26)28(18)25(29)31-17-24-22-11-3-1-9-20(22)21-10-2-4-12-23(21)24/h1-4,9-12,18-19,24,30H,5-8,13,15-17H2. The normalized spacial score (nSPS) is 26.6. The van der Waals surface area contributed by atoms with Gasteiger partial charge in [0.05, 0.1) is 11.7 Å². The van der Waals surface area contributed by atoms with Crippen molar-refractivity contribution in [3.63, 3.8) is 0 Å². The van der Waals surface area contributed by atoms with Crippen LogP contribution in [0.5, 0.6) is 0 Å². The fraction of sp³-hybridized carbons (Fsp3) is 0.462. The summed E-state index contributed by atoms with van der Waals surface area (Å²) in [6.45, 7) is 0.321. The van der Waals surface area contributed by atoms with Gasteiger partial charge in [-0.1, -0.05) is 48.5 Å². The van der Waals surface area contributed by atoms with E-state index in [0.29, 0.717) is 32.3 Å². The second-order valence-electron chi connectivity index (χ2n) is 9.24. The lowest BCUT2D eigenvalue weighted by molar-refractivity contribution is -0.0877. The van der Waals surface area contributed by atoms with Gasteiger partial charge >= 0.3 is 6.09 Å². The summed E-state index contributed by atoms with van der Waals surface area (Å²) >= 11 is 0. The van der Waals surface area contributed by atoms with Crippen molar-refractivity contribution in [1.29, 1.82) is 5.26 Å². The minimum Gasteiger partial charge on any atom is -0.448 e. The van der Waals surface area contributed by atoms with Crippen LogP contribution in [0.15, 0.2) is 48.5 Å². The topological polar surface area (TPSA) is 73.6 Å². The number of aliphatic hydroxyl groups is 1. The van der Waals surface area contributed by atoms with Gasteiger partial charge in [0.1, 0.15) is 6.61 Å². The lowest BCUT2D eigenvalue weighted by Gasteiger charge is -2.51. The monoisotopic (exact) mass is 416 g/mol. The van der Waals surface area contributed by atoms with Gasteiger partial charge in [0, 0.05) is 24.4 Å². The summed E-state index contributed by atoms with van der Waals surface area (Å²) in [4.78, 5) is 15.1. The van der Waals surface area contributed by atoms with Crippen molar-refractivity contribution in [2.24, 2.45) is 0 Å². The Morgan fingerprint density at radius 1 is 1.06 bits per heavy atom. The molecular formula is C26H28N2O3. The van der Waals surface area contributed by atoms with E-state index < -0.39 is 5.60 Å². The zero-order valence-corrected chi connectivity index (χ0v) is 17.7. The van der Waals surface area contributed by atoms with Gasteiger partial charge in [-0.15, -0.1) is 0 Å². The Kier molecular flexibility index (Phi) is 5.19. The number of ether oxygens (including phenoxy) is 1. The number of hydrogen-bond donors (Lipinski definition) is 1. The molecule has 2 heterocycles. The summed E-state index contributed by atoms with van der Waals surface area (Å²) < 4.78 is 5.92. The van der Waals surface area contributed by atoms with Gasteiger partial charge in [0.15, 0.2) is 0 Å². The van der Waals surface area contributed by atoms with E-state index in [1.165, 1.54) is 22.3 Å². The van der Waals surface area contributed by atoms with Gasteiger partial charge in [-0.05, 0) is 60.8 Å². The van der Waals surface area contributed by atoms with Gasteiger partial charge in [-0.3, -0.25) is 0 Å². The third-order valence-corrected chi connectivity index (χ3v) is 7.34. The molecule has 160 valence electrons. The molecule has 2 aromatic carbocycles. The Bertz CT molecular complexity index is 968. The van der Waals surface area contributed by atoms with Crippen LogP contribution in [0.2, 0.25) is 0 Å². The summed E-state index contributed by atoms with van der Waals surface area (Å²) in [5.74, 6) is 0.0496. The van der Waals surface area contributed by atoms with Gasteiger partial charge < -0.3 is 14.7 Å². The second-order valence-corrected chi connectivity index (χ2v) is 9.24. The van der Waals surface area contributed by atoms with E-state index in [1.54, 1.807) is 0 Å². The molecule has 0 radical (unpaired) electrons. The largest absolute Gasteiger partial charge is 0.448 e. The lowest BCUT2D eigenvalue weighted by Crippen LogP contribution is -2.60. The SMILES string of the molecule is N#CCCC1(O)CC2CCCC(C1)N2C(=O)OCC1c2ccccc2-c2ccccc21. The number of nitrogens with zero attached hydrogens (tertiary/aromatic N) is 2. The van der Waals surface area contributed by atoms with E-state index in [0.717, 1.165) is 19.3 Å². The van der Waals surface area contributed by atoms with E-state index in [4.69, 9.17) is 10.00 Å². The highest BCUT2D eigenvalue weighted by Gasteiger charge is 2.47. The fourth-order valence-electron chi connectivity index (χ4n) is 5.99. The Morgan fingerprint density at radius 2 is 1.65 bits per heavy atom. The maximum absolute atomic E-state index is 13.2. The first-order chi connectivity index (χ1) is 15.1. The molecule has 1 amide bonds. The lowest BCUT2D eigenvalue weighted by atomic mass is 9.74. The van der Waals surface area contributed by atoms with Crippen molar-refractivity contribution < 1.29 is 14.6 Å². The molecule has 2 saturated heterocycles. The van der Waals surface area contributed by atoms with E-state index in [9.17, 15) is 9.90 Å². The molecule has 0 spiro atoms. The first-order valence-corrected chi connectivity index (χ1v) is 11.3. The zero-order chi connectivity index (χ0) is 21.4. The van der Waals surface area contributed by atoms with Crippen LogP contribution in [0.25, 0.3) is 11.1 Å². The maximum atomic E-state index is 13.2. The van der Waals surface area contributed by atoms with Crippen LogP contribution in [0.4, 0.5) is 4.79 Å². The molecule has 2 unspecified atom stereocenters. The molecule has 1 N–H and O–H groups in total. The van der Waals surface area contributed by atoms with Crippen LogP contribution in [-0.2, 0) is 4.74 Å². The zero-order valence-electron chi connectivity index (χ0n) is 17.7. The first kappa shape index (κ1) is 20.1. The molecule has 31 heavy (non-hydrogen) atoms. The summed E-state index contributed by atoms with van der Waals surface area (Å²) in [6, 6.07) is 18.8. The predicted octanol–water partition coefficient (Wildman–Crippen LogP) is 4.99. The minimum atomic E-state index is -0.842. The number of carbonyl (C=O) groups excluding carboxylic acids is 1. The second kappa shape index (κ2) is 8.01. The number of rotatable bonds is 4. The van der Waals surface area contributed by atoms with Crippen molar-refractivity contribution in [2.45, 2.75) is 68.5 Å². The van der Waals surface area contributed by atoms with Gasteiger partial charge in [0.25, 0.3) is 0 Å². The van der Waals surface area contributed by atoms with E-state index in [1.807, 2.05) is 29.2 Å². The number of amides is 1. The molecule has 2 fully saturated rings. The number of piperidine rings is 2. The van der Waals surface area contributed by atoms with Crippen LogP contribution >= 0.6 is 0 Å². The molecule has 5 nitrogen and oxygen atoms in total. The summed E-state index contributed by atoms with van der Waals surface area (Å²) in [7, 11) is 0. The molecule has 5 rings (SSSR count). The van der Waals surface area contributed by atoms with Gasteiger partial charge in [-0.2, -0.15) is 5.26 Å². The highest BCUT2D eigenvalue weighted by atomic mass is 16.6. The van der Waals surface area contributed by atoms with Crippen molar-refractivity contribution in [3.8, 4) is 17.2 Å². The summed E-state index contributed by atoms with van der Waals surface area (Å²) in [6.07, 6.45) is 4.47. The Hall–Kier alpha value is -2.84. The van der Waals surface area contributed by atoms with Crippen LogP contribution < -0.4 is 0 Å². The third kappa shape index (κ3) is 3.59. The number of fused-ring (bicyclic) bond motifs is 5.